The zero-order valence-electron chi connectivity index (χ0n) is 5.29. The topological polar surface area (TPSA) is 53.5 Å². The third kappa shape index (κ3) is 0.689. The molecule has 2 amide bonds. The molecule has 0 aromatic rings. The van der Waals surface area contributed by atoms with E-state index in [1.165, 1.54) is 0 Å². The van der Waals surface area contributed by atoms with Crippen molar-refractivity contribution in [3.05, 3.63) is 11.8 Å². The van der Waals surface area contributed by atoms with Crippen LogP contribution in [0.4, 0.5) is 4.79 Å². The molecule has 1 atom stereocenters. The van der Waals surface area contributed by atoms with Gasteiger partial charge in [-0.05, 0) is 6.08 Å². The number of nitrogens with zero attached hydrogens (tertiary/aromatic N) is 1. The van der Waals surface area contributed by atoms with Crippen molar-refractivity contribution in [2.24, 2.45) is 4.99 Å². The van der Waals surface area contributed by atoms with Gasteiger partial charge < -0.3 is 10.6 Å². The van der Waals surface area contributed by atoms with Crippen molar-refractivity contribution >= 4 is 12.2 Å². The van der Waals surface area contributed by atoms with Gasteiger partial charge in [0.1, 0.15) is 6.04 Å². The monoisotopic (exact) mass is 137 g/mol. The van der Waals surface area contributed by atoms with E-state index >= 15 is 0 Å². The maximum atomic E-state index is 10.7. The predicted octanol–water partition coefficient (Wildman–Crippen LogP) is -0.364. The smallest absolute Gasteiger partial charge is 0.319 e. The summed E-state index contributed by atoms with van der Waals surface area (Å²) in [6.45, 7) is 0.619. The second-order valence-electron chi connectivity index (χ2n) is 2.27. The lowest BCUT2D eigenvalue weighted by molar-refractivity contribution is 0.239. The zero-order valence-corrected chi connectivity index (χ0v) is 5.29. The molecule has 1 saturated heterocycles. The molecule has 2 heterocycles. The molecule has 0 aromatic heterocycles. The molecule has 10 heavy (non-hydrogen) atoms. The first-order valence-corrected chi connectivity index (χ1v) is 3.14. The van der Waals surface area contributed by atoms with Gasteiger partial charge >= 0.3 is 6.03 Å². The molecule has 4 heteroatoms. The van der Waals surface area contributed by atoms with Crippen molar-refractivity contribution in [2.45, 2.75) is 6.04 Å². The molecule has 0 aromatic carbocycles. The largest absolute Gasteiger partial charge is 0.335 e. The normalized spacial score (nSPS) is 28.6. The van der Waals surface area contributed by atoms with Crippen LogP contribution in [0.2, 0.25) is 0 Å². The molecule has 4 nitrogen and oxygen atoms in total. The van der Waals surface area contributed by atoms with E-state index in [0.717, 1.165) is 5.70 Å². The third-order valence-electron chi connectivity index (χ3n) is 1.59. The fourth-order valence-electron chi connectivity index (χ4n) is 1.07. The van der Waals surface area contributed by atoms with E-state index in [2.05, 4.69) is 15.6 Å². The van der Waals surface area contributed by atoms with Gasteiger partial charge in [0.2, 0.25) is 0 Å². The van der Waals surface area contributed by atoms with E-state index in [1.54, 1.807) is 6.21 Å². The molecule has 2 rings (SSSR count). The molecule has 2 N–H and O–H groups in total. The Bertz CT molecular complexity index is 231. The molecule has 0 spiro atoms. The van der Waals surface area contributed by atoms with Gasteiger partial charge in [-0.3, -0.25) is 4.99 Å². The fourth-order valence-corrected chi connectivity index (χ4v) is 1.07. The van der Waals surface area contributed by atoms with Gasteiger partial charge in [-0.2, -0.15) is 0 Å². The fraction of sp³-hybridized carbons (Fsp3) is 0.333. The molecule has 1 fully saturated rings. The minimum atomic E-state index is -0.131. The number of hydrogen-bond donors (Lipinski definition) is 2. The van der Waals surface area contributed by atoms with Gasteiger partial charge in [0.15, 0.2) is 0 Å². The Hall–Kier alpha value is -1.32. The number of hydrogen-bond acceptors (Lipinski definition) is 2. The Morgan fingerprint density at radius 2 is 2.60 bits per heavy atom. The standard InChI is InChI=1S/C6H7N3O/c10-6-8-3-5-4(9-6)1-2-7-5/h1-2,5H,3H2,(H2,8,9,10). The summed E-state index contributed by atoms with van der Waals surface area (Å²) in [6.07, 6.45) is 3.54. The van der Waals surface area contributed by atoms with E-state index in [0.29, 0.717) is 6.54 Å². The number of carbonyl (C=O) groups is 1. The summed E-state index contributed by atoms with van der Waals surface area (Å²) < 4.78 is 0. The van der Waals surface area contributed by atoms with Crippen LogP contribution in [0.15, 0.2) is 16.8 Å². The van der Waals surface area contributed by atoms with Crippen LogP contribution in [-0.2, 0) is 0 Å². The van der Waals surface area contributed by atoms with Gasteiger partial charge in [0.25, 0.3) is 0 Å². The maximum absolute atomic E-state index is 10.7. The van der Waals surface area contributed by atoms with E-state index in [4.69, 9.17) is 0 Å². The molecule has 2 aliphatic heterocycles. The average molecular weight is 137 g/mol. The highest BCUT2D eigenvalue weighted by Crippen LogP contribution is 2.09. The van der Waals surface area contributed by atoms with Crippen LogP contribution >= 0.6 is 0 Å². The van der Waals surface area contributed by atoms with Crippen molar-refractivity contribution in [1.29, 1.82) is 0 Å². The molecular weight excluding hydrogens is 130 g/mol. The number of aliphatic imine (C=N–C) groups is 1. The number of nitrogens with one attached hydrogen (secondary N) is 2. The lowest BCUT2D eigenvalue weighted by Crippen LogP contribution is -2.47. The Morgan fingerprint density at radius 3 is 3.50 bits per heavy atom. The number of amides is 2. The van der Waals surface area contributed by atoms with Crippen LogP contribution in [0.1, 0.15) is 0 Å². The summed E-state index contributed by atoms with van der Waals surface area (Å²) >= 11 is 0. The summed E-state index contributed by atoms with van der Waals surface area (Å²) in [5.41, 5.74) is 0.906. The third-order valence-corrected chi connectivity index (χ3v) is 1.59. The number of urea groups is 1. The summed E-state index contributed by atoms with van der Waals surface area (Å²) in [6, 6.07) is 0.00528. The summed E-state index contributed by atoms with van der Waals surface area (Å²) in [5, 5.41) is 5.31. The first-order chi connectivity index (χ1) is 4.86. The molecule has 1 unspecified atom stereocenters. The molecule has 0 aliphatic carbocycles. The lowest BCUT2D eigenvalue weighted by Gasteiger charge is -2.20. The second-order valence-corrected chi connectivity index (χ2v) is 2.27. The first-order valence-electron chi connectivity index (χ1n) is 3.14. The van der Waals surface area contributed by atoms with Crippen LogP contribution in [0.25, 0.3) is 0 Å². The van der Waals surface area contributed by atoms with Crippen molar-refractivity contribution < 1.29 is 4.79 Å². The highest BCUT2D eigenvalue weighted by molar-refractivity contribution is 5.83. The van der Waals surface area contributed by atoms with Crippen LogP contribution in [-0.4, -0.2) is 24.8 Å². The maximum Gasteiger partial charge on any atom is 0.319 e. The van der Waals surface area contributed by atoms with Crippen LogP contribution in [0.3, 0.4) is 0 Å². The Morgan fingerprint density at radius 1 is 1.70 bits per heavy atom. The van der Waals surface area contributed by atoms with Gasteiger partial charge in [0.05, 0.1) is 0 Å². The predicted molar refractivity (Wildman–Crippen MR) is 36.9 cm³/mol. The summed E-state index contributed by atoms with van der Waals surface area (Å²) in [7, 11) is 0. The molecule has 0 bridgehead atoms. The number of allylic oxidation sites excluding steroid dienone is 1. The van der Waals surface area contributed by atoms with Gasteiger partial charge in [-0.1, -0.05) is 0 Å². The number of fused-ring (bicyclic) bond motifs is 1. The summed E-state index contributed by atoms with van der Waals surface area (Å²) in [5.74, 6) is 0. The van der Waals surface area contributed by atoms with Crippen LogP contribution in [0.5, 0.6) is 0 Å². The SMILES string of the molecule is O=C1NCC2N=CC=C2N1. The minimum Gasteiger partial charge on any atom is -0.335 e. The molecule has 52 valence electrons. The highest BCUT2D eigenvalue weighted by atomic mass is 16.2. The second kappa shape index (κ2) is 1.83. The Kier molecular flexibility index (Phi) is 1.00. The Balaban J connectivity index is 2.19. The van der Waals surface area contributed by atoms with E-state index < -0.39 is 0 Å². The molecule has 0 radical (unpaired) electrons. The van der Waals surface area contributed by atoms with Crippen LogP contribution < -0.4 is 10.6 Å². The van der Waals surface area contributed by atoms with Gasteiger partial charge in [-0.15, -0.1) is 0 Å². The number of carbonyl (C=O) groups excluding carboxylic acids is 1. The van der Waals surface area contributed by atoms with Crippen molar-refractivity contribution in [1.82, 2.24) is 10.6 Å². The highest BCUT2D eigenvalue weighted by Gasteiger charge is 2.22. The molecular formula is C6H7N3O. The van der Waals surface area contributed by atoms with Crippen molar-refractivity contribution in [2.75, 3.05) is 6.54 Å². The molecule has 0 saturated carbocycles. The number of rotatable bonds is 0. The van der Waals surface area contributed by atoms with Crippen LogP contribution in [0, 0.1) is 0 Å². The quantitative estimate of drug-likeness (QED) is 0.470. The van der Waals surface area contributed by atoms with Gasteiger partial charge in [-0.25, -0.2) is 4.79 Å². The average Bonchev–Trinajstić information content (AvgIpc) is 2.33. The molecule has 2 aliphatic rings. The van der Waals surface area contributed by atoms with E-state index in [-0.39, 0.29) is 12.1 Å². The zero-order chi connectivity index (χ0) is 6.97. The van der Waals surface area contributed by atoms with Crippen molar-refractivity contribution in [3.63, 3.8) is 0 Å². The first kappa shape index (κ1) is 5.46. The lowest BCUT2D eigenvalue weighted by atomic mass is 10.2. The van der Waals surface area contributed by atoms with E-state index in [9.17, 15) is 4.79 Å². The Labute approximate surface area is 58.0 Å². The van der Waals surface area contributed by atoms with Crippen molar-refractivity contribution in [3.8, 4) is 0 Å². The van der Waals surface area contributed by atoms with Gasteiger partial charge in [0, 0.05) is 18.5 Å². The van der Waals surface area contributed by atoms with E-state index in [1.807, 2.05) is 6.08 Å². The summed E-state index contributed by atoms with van der Waals surface area (Å²) in [4.78, 5) is 14.8. The minimum absolute atomic E-state index is 0.131.